The molecule has 5 aromatic heterocycles. The van der Waals surface area contributed by atoms with Crippen molar-refractivity contribution in [3.05, 3.63) is 182 Å². The molecule has 0 amide bonds. The Morgan fingerprint density at radius 2 is 0.982 bits per heavy atom. The lowest BCUT2D eigenvalue weighted by molar-refractivity contribution is 1.23. The van der Waals surface area contributed by atoms with E-state index in [0.29, 0.717) is 0 Å². The Bertz CT molecular complexity index is 3230. The van der Waals surface area contributed by atoms with Crippen LogP contribution in [0.3, 0.4) is 0 Å². The molecule has 6 aromatic carbocycles. The predicted octanol–water partition coefficient (Wildman–Crippen LogP) is 11.9. The molecule has 0 spiro atoms. The number of pyridine rings is 3. The van der Waals surface area contributed by atoms with Gasteiger partial charge in [-0.3, -0.25) is 14.4 Å². The van der Waals surface area contributed by atoms with E-state index in [-0.39, 0.29) is 0 Å². The lowest BCUT2D eigenvalue weighted by atomic mass is 9.90. The van der Waals surface area contributed by atoms with Gasteiger partial charge in [0, 0.05) is 40.5 Å². The number of hydrogen-bond donors (Lipinski definition) is 0. The summed E-state index contributed by atoms with van der Waals surface area (Å²) in [7, 11) is 0. The minimum absolute atomic E-state index is 0.749. The van der Waals surface area contributed by atoms with Crippen LogP contribution in [0.4, 0.5) is 0 Å². The van der Waals surface area contributed by atoms with E-state index in [1.165, 1.54) is 0 Å². The largest absolute Gasteiger partial charge is 0.299 e. The summed E-state index contributed by atoms with van der Waals surface area (Å²) in [6, 6.07) is 56.7. The smallest absolute Gasteiger partial charge is 0.137 e. The molecule has 6 heteroatoms. The van der Waals surface area contributed by atoms with Gasteiger partial charge in [-0.25, -0.2) is 15.0 Å². The first-order valence-electron chi connectivity index (χ1n) is 18.3. The normalized spacial score (nSPS) is 11.6. The standard InChI is InChI=1S/C49H30N6/c1-3-13-31(14-4-1)37-29-43-44(53-48(42-18-8-11-25-51-42)46(52-43)32-15-5-2-6-16-32)30-38(37)33-20-23-36-40(27-33)39-28-34(41-17-7-10-24-50-41)21-22-35(39)47-49(36)55-26-12-9-19-45(55)54-47/h1-30H. The highest BCUT2D eigenvalue weighted by molar-refractivity contribution is 6.25. The second-order valence-electron chi connectivity index (χ2n) is 13.7. The van der Waals surface area contributed by atoms with E-state index < -0.39 is 0 Å². The molecule has 256 valence electrons. The molecule has 0 saturated heterocycles. The molecule has 11 rings (SSSR count). The highest BCUT2D eigenvalue weighted by Gasteiger charge is 2.20. The highest BCUT2D eigenvalue weighted by atomic mass is 15.0. The van der Waals surface area contributed by atoms with Crippen LogP contribution in [0.1, 0.15) is 0 Å². The molecule has 0 aliphatic heterocycles. The molecule has 0 fully saturated rings. The summed E-state index contributed by atoms with van der Waals surface area (Å²) >= 11 is 0. The minimum atomic E-state index is 0.749. The van der Waals surface area contributed by atoms with Crippen LogP contribution in [-0.2, 0) is 0 Å². The Morgan fingerprint density at radius 3 is 1.73 bits per heavy atom. The quantitative estimate of drug-likeness (QED) is 0.167. The van der Waals surface area contributed by atoms with Crippen LogP contribution in [0, 0.1) is 0 Å². The van der Waals surface area contributed by atoms with Gasteiger partial charge in [0.2, 0.25) is 0 Å². The van der Waals surface area contributed by atoms with Crippen molar-refractivity contribution < 1.29 is 0 Å². The van der Waals surface area contributed by atoms with E-state index in [1.807, 2.05) is 60.8 Å². The number of hydrogen-bond acceptors (Lipinski definition) is 5. The Labute approximate surface area is 316 Å². The molecule has 0 unspecified atom stereocenters. The van der Waals surface area contributed by atoms with Gasteiger partial charge < -0.3 is 0 Å². The fraction of sp³-hybridized carbons (Fsp3) is 0. The van der Waals surface area contributed by atoms with Gasteiger partial charge >= 0.3 is 0 Å². The first-order chi connectivity index (χ1) is 27.3. The molecule has 0 N–H and O–H groups in total. The van der Waals surface area contributed by atoms with Crippen LogP contribution in [-0.4, -0.2) is 29.3 Å². The summed E-state index contributed by atoms with van der Waals surface area (Å²) < 4.78 is 2.20. The fourth-order valence-electron chi connectivity index (χ4n) is 7.93. The number of rotatable bonds is 5. The summed E-state index contributed by atoms with van der Waals surface area (Å²) in [5, 5.41) is 4.50. The molecule has 0 atom stereocenters. The lowest BCUT2D eigenvalue weighted by Gasteiger charge is -2.16. The molecule has 6 nitrogen and oxygen atoms in total. The molecule has 0 radical (unpaired) electrons. The molecule has 0 aliphatic rings. The van der Waals surface area contributed by atoms with Gasteiger partial charge in [-0.1, -0.05) is 103 Å². The number of benzene rings is 6. The van der Waals surface area contributed by atoms with Crippen molar-refractivity contribution >= 4 is 49.3 Å². The fourth-order valence-corrected chi connectivity index (χ4v) is 7.93. The van der Waals surface area contributed by atoms with Crippen LogP contribution >= 0.6 is 0 Å². The van der Waals surface area contributed by atoms with Crippen molar-refractivity contribution in [3.8, 4) is 56.2 Å². The van der Waals surface area contributed by atoms with Crippen LogP contribution in [0.25, 0.3) is 105 Å². The Hall–Kier alpha value is -7.57. The van der Waals surface area contributed by atoms with Crippen molar-refractivity contribution in [3.63, 3.8) is 0 Å². The number of aromatic nitrogens is 6. The van der Waals surface area contributed by atoms with Crippen molar-refractivity contribution in [2.24, 2.45) is 0 Å². The summed E-state index contributed by atoms with van der Waals surface area (Å²) in [5.41, 5.74) is 14.3. The zero-order valence-electron chi connectivity index (χ0n) is 29.5. The lowest BCUT2D eigenvalue weighted by Crippen LogP contribution is -1.98. The summed E-state index contributed by atoms with van der Waals surface area (Å²) in [6.45, 7) is 0. The zero-order chi connectivity index (χ0) is 36.3. The molecule has 0 aliphatic carbocycles. The Morgan fingerprint density at radius 1 is 0.382 bits per heavy atom. The molecule has 0 bridgehead atoms. The Kier molecular flexibility index (Phi) is 7.07. The number of fused-ring (bicyclic) bond motifs is 9. The summed E-state index contributed by atoms with van der Waals surface area (Å²) in [6.07, 6.45) is 5.75. The van der Waals surface area contributed by atoms with Crippen molar-refractivity contribution in [1.82, 2.24) is 29.3 Å². The summed E-state index contributed by atoms with van der Waals surface area (Å²) in [5.74, 6) is 0. The SMILES string of the molecule is c1ccc(-c2cc3nc(-c4ccccc4)c(-c4ccccn4)nc3cc2-c2ccc3c(c2)c2cc(-c4ccccn4)ccc2c2nc4ccccn4c32)cc1. The first kappa shape index (κ1) is 31.0. The van der Waals surface area contributed by atoms with Gasteiger partial charge in [0.25, 0.3) is 0 Å². The van der Waals surface area contributed by atoms with Gasteiger partial charge in [0.05, 0.1) is 39.1 Å². The average molecular weight is 703 g/mol. The van der Waals surface area contributed by atoms with Crippen molar-refractivity contribution in [2.45, 2.75) is 0 Å². The van der Waals surface area contributed by atoms with Gasteiger partial charge in [0.1, 0.15) is 11.3 Å². The maximum atomic E-state index is 5.32. The maximum absolute atomic E-state index is 5.32. The summed E-state index contributed by atoms with van der Waals surface area (Å²) in [4.78, 5) is 25.2. The second kappa shape index (κ2) is 12.5. The maximum Gasteiger partial charge on any atom is 0.137 e. The predicted molar refractivity (Wildman–Crippen MR) is 224 cm³/mol. The number of nitrogens with zero attached hydrogens (tertiary/aromatic N) is 6. The van der Waals surface area contributed by atoms with E-state index in [9.17, 15) is 0 Å². The zero-order valence-corrected chi connectivity index (χ0v) is 29.5. The van der Waals surface area contributed by atoms with Crippen LogP contribution in [0.15, 0.2) is 182 Å². The van der Waals surface area contributed by atoms with E-state index in [0.717, 1.165) is 105 Å². The number of imidazole rings is 1. The molecule has 5 heterocycles. The molecular weight excluding hydrogens is 673 g/mol. The highest BCUT2D eigenvalue weighted by Crippen LogP contribution is 2.42. The third-order valence-electron chi connectivity index (χ3n) is 10.5. The first-order valence-corrected chi connectivity index (χ1v) is 18.3. The van der Waals surface area contributed by atoms with Gasteiger partial charge in [-0.15, -0.1) is 0 Å². The van der Waals surface area contributed by atoms with Crippen LogP contribution in [0.5, 0.6) is 0 Å². The van der Waals surface area contributed by atoms with Gasteiger partial charge in [0.15, 0.2) is 0 Å². The Balaban J connectivity index is 1.22. The van der Waals surface area contributed by atoms with E-state index in [1.54, 1.807) is 6.20 Å². The average Bonchev–Trinajstić information content (AvgIpc) is 3.66. The van der Waals surface area contributed by atoms with Crippen LogP contribution < -0.4 is 0 Å². The molecular formula is C49H30N6. The van der Waals surface area contributed by atoms with Crippen molar-refractivity contribution in [2.75, 3.05) is 0 Å². The third kappa shape index (κ3) is 5.15. The monoisotopic (exact) mass is 702 g/mol. The van der Waals surface area contributed by atoms with Gasteiger partial charge in [-0.2, -0.15) is 0 Å². The van der Waals surface area contributed by atoms with Crippen molar-refractivity contribution in [1.29, 1.82) is 0 Å². The van der Waals surface area contributed by atoms with Crippen LogP contribution in [0.2, 0.25) is 0 Å². The molecule has 0 saturated carbocycles. The van der Waals surface area contributed by atoms with E-state index in [4.69, 9.17) is 19.9 Å². The van der Waals surface area contributed by atoms with E-state index >= 15 is 0 Å². The third-order valence-corrected chi connectivity index (χ3v) is 10.5. The van der Waals surface area contributed by atoms with E-state index in [2.05, 4.69) is 125 Å². The minimum Gasteiger partial charge on any atom is -0.299 e. The second-order valence-corrected chi connectivity index (χ2v) is 13.7. The topological polar surface area (TPSA) is 68.9 Å². The molecule has 55 heavy (non-hydrogen) atoms. The molecule has 11 aromatic rings. The van der Waals surface area contributed by atoms with Gasteiger partial charge in [-0.05, 0) is 93.7 Å².